The average Bonchev–Trinajstić information content (AvgIpc) is 3.14. The van der Waals surface area contributed by atoms with Gasteiger partial charge < -0.3 is 9.47 Å². The Bertz CT molecular complexity index is 657. The molecule has 0 N–H and O–H groups in total. The van der Waals surface area contributed by atoms with Crippen molar-refractivity contribution in [3.8, 4) is 0 Å². The van der Waals surface area contributed by atoms with Crippen LogP contribution in [0.3, 0.4) is 0 Å². The molecule has 0 spiro atoms. The maximum atomic E-state index is 6.72. The molecule has 10 atom stereocenters. The van der Waals surface area contributed by atoms with Gasteiger partial charge in [-0.05, 0) is 79.4 Å². The molecule has 1 unspecified atom stereocenters. The predicted molar refractivity (Wildman–Crippen MR) is 135 cm³/mol. The molecule has 4 rings (SSSR count). The number of hydrogen-bond acceptors (Lipinski definition) is 2. The Morgan fingerprint density at radius 1 is 0.969 bits per heavy atom. The highest BCUT2D eigenvalue weighted by atomic mass is 16.5. The Kier molecular flexibility index (Phi) is 7.62. The fourth-order valence-corrected chi connectivity index (χ4v) is 9.59. The quantitative estimate of drug-likeness (QED) is 0.339. The number of ether oxygens (including phenoxy) is 2. The van der Waals surface area contributed by atoms with Crippen LogP contribution in [0.4, 0.5) is 0 Å². The Morgan fingerprint density at radius 2 is 1.72 bits per heavy atom. The first-order chi connectivity index (χ1) is 15.4. The molecule has 0 amide bonds. The Hall–Kier alpha value is -0.600. The van der Waals surface area contributed by atoms with Crippen LogP contribution in [0.5, 0.6) is 0 Å². The van der Waals surface area contributed by atoms with Gasteiger partial charge in [0.15, 0.2) is 0 Å². The minimum atomic E-state index is 0.256. The van der Waals surface area contributed by atoms with Crippen LogP contribution in [-0.4, -0.2) is 25.4 Å². The SMILES string of the molecule is C=CCO[C@H]1C[C@H]2[C@@H]([C@H](OCC=C)CC3CCCC[C@@]32C)[C@@H]2CC[C@H]([C@H](C)CCC)[C@@]12C. The number of rotatable bonds is 9. The minimum Gasteiger partial charge on any atom is -0.374 e. The van der Waals surface area contributed by atoms with E-state index in [1.807, 2.05) is 12.2 Å². The number of hydrogen-bond donors (Lipinski definition) is 0. The molecule has 0 heterocycles. The summed E-state index contributed by atoms with van der Waals surface area (Å²) in [6.45, 7) is 19.5. The van der Waals surface area contributed by atoms with Gasteiger partial charge in [-0.1, -0.05) is 65.5 Å². The summed E-state index contributed by atoms with van der Waals surface area (Å²) in [5.41, 5.74) is 0.716. The highest BCUT2D eigenvalue weighted by Gasteiger charge is 2.66. The van der Waals surface area contributed by atoms with Crippen LogP contribution < -0.4 is 0 Å². The lowest BCUT2D eigenvalue weighted by Crippen LogP contribution is -2.62. The summed E-state index contributed by atoms with van der Waals surface area (Å²) in [6.07, 6.45) is 18.1. The normalized spacial score (nSPS) is 46.6. The van der Waals surface area contributed by atoms with Gasteiger partial charge in [0.2, 0.25) is 0 Å². The molecule has 4 aliphatic carbocycles. The summed E-state index contributed by atoms with van der Waals surface area (Å²) in [7, 11) is 0. The molecule has 4 fully saturated rings. The summed E-state index contributed by atoms with van der Waals surface area (Å²) in [6, 6.07) is 0. The van der Waals surface area contributed by atoms with Gasteiger partial charge in [-0.15, -0.1) is 13.2 Å². The van der Waals surface area contributed by atoms with Crippen LogP contribution in [0.1, 0.15) is 91.9 Å². The molecule has 0 aromatic carbocycles. The molecule has 2 nitrogen and oxygen atoms in total. The molecule has 0 bridgehead atoms. The third-order valence-corrected chi connectivity index (χ3v) is 11.0. The maximum Gasteiger partial charge on any atom is 0.0648 e. The lowest BCUT2D eigenvalue weighted by Gasteiger charge is -2.64. The van der Waals surface area contributed by atoms with Crippen LogP contribution in [0.2, 0.25) is 0 Å². The molecule has 0 aromatic heterocycles. The molecule has 0 aliphatic heterocycles. The van der Waals surface area contributed by atoms with Crippen LogP contribution >= 0.6 is 0 Å². The minimum absolute atomic E-state index is 0.256. The van der Waals surface area contributed by atoms with Crippen molar-refractivity contribution >= 4 is 0 Å². The van der Waals surface area contributed by atoms with Crippen molar-refractivity contribution in [2.75, 3.05) is 13.2 Å². The molecule has 182 valence electrons. The molecule has 32 heavy (non-hydrogen) atoms. The topological polar surface area (TPSA) is 18.5 Å². The molecule has 0 saturated heterocycles. The lowest BCUT2D eigenvalue weighted by molar-refractivity contribution is -0.217. The van der Waals surface area contributed by atoms with E-state index in [-0.39, 0.29) is 5.41 Å². The lowest BCUT2D eigenvalue weighted by atomic mass is 9.43. The molecule has 4 saturated carbocycles. The van der Waals surface area contributed by atoms with E-state index in [0.29, 0.717) is 36.8 Å². The second-order valence-corrected chi connectivity index (χ2v) is 12.3. The van der Waals surface area contributed by atoms with E-state index in [1.54, 1.807) is 0 Å². The van der Waals surface area contributed by atoms with Crippen molar-refractivity contribution in [2.24, 2.45) is 46.3 Å². The van der Waals surface area contributed by atoms with Crippen LogP contribution in [0.15, 0.2) is 25.3 Å². The summed E-state index contributed by atoms with van der Waals surface area (Å²) in [4.78, 5) is 0. The van der Waals surface area contributed by atoms with Crippen LogP contribution in [0.25, 0.3) is 0 Å². The van der Waals surface area contributed by atoms with Gasteiger partial charge in [0.1, 0.15) is 0 Å². The molecule has 2 heteroatoms. The summed E-state index contributed by atoms with van der Waals surface area (Å²) in [5.74, 6) is 4.48. The molecular weight excluding hydrogens is 392 g/mol. The van der Waals surface area contributed by atoms with Gasteiger partial charge in [0.05, 0.1) is 25.4 Å². The van der Waals surface area contributed by atoms with Gasteiger partial charge >= 0.3 is 0 Å². The van der Waals surface area contributed by atoms with Gasteiger partial charge in [-0.2, -0.15) is 0 Å². The summed E-state index contributed by atoms with van der Waals surface area (Å²) >= 11 is 0. The largest absolute Gasteiger partial charge is 0.374 e. The Labute approximate surface area is 198 Å². The zero-order valence-electron chi connectivity index (χ0n) is 21.5. The van der Waals surface area contributed by atoms with Crippen LogP contribution in [-0.2, 0) is 9.47 Å². The van der Waals surface area contributed by atoms with Gasteiger partial charge in [0, 0.05) is 5.41 Å². The molecule has 4 aliphatic rings. The van der Waals surface area contributed by atoms with E-state index in [2.05, 4.69) is 40.9 Å². The highest BCUT2D eigenvalue weighted by molar-refractivity contribution is 5.14. The second kappa shape index (κ2) is 9.95. The van der Waals surface area contributed by atoms with Crippen molar-refractivity contribution in [3.05, 3.63) is 25.3 Å². The number of fused-ring (bicyclic) bond motifs is 5. The first-order valence-corrected chi connectivity index (χ1v) is 13.9. The van der Waals surface area contributed by atoms with E-state index in [1.165, 1.54) is 64.2 Å². The predicted octanol–water partition coefficient (Wildman–Crippen LogP) is 7.83. The standard InChI is InChI=1S/C30H50O2/c1-7-12-21(4)23-14-15-24-28-25(20-27(30(23,24)6)32-18-9-3)29(5)16-11-10-13-22(29)19-26(28)31-17-8-2/h8-9,21-28H,2-3,7,10-20H2,1,4-6H3/t21-,22?,23-,24+,25+,26-,27+,28+,29+,30-/m1/s1. The zero-order chi connectivity index (χ0) is 22.9. The van der Waals surface area contributed by atoms with Crippen LogP contribution in [0, 0.1) is 46.3 Å². The van der Waals surface area contributed by atoms with E-state index in [4.69, 9.17) is 9.47 Å². The van der Waals surface area contributed by atoms with Crippen molar-refractivity contribution in [2.45, 2.75) is 104 Å². The summed E-state index contributed by atoms with van der Waals surface area (Å²) < 4.78 is 13.4. The maximum absolute atomic E-state index is 6.72. The molecule has 0 aromatic rings. The summed E-state index contributed by atoms with van der Waals surface area (Å²) in [5, 5.41) is 0. The zero-order valence-corrected chi connectivity index (χ0v) is 21.5. The Morgan fingerprint density at radius 3 is 2.44 bits per heavy atom. The molecule has 0 radical (unpaired) electrons. The first-order valence-electron chi connectivity index (χ1n) is 13.9. The van der Waals surface area contributed by atoms with Crippen molar-refractivity contribution in [1.82, 2.24) is 0 Å². The fraction of sp³-hybridized carbons (Fsp3) is 0.867. The monoisotopic (exact) mass is 442 g/mol. The van der Waals surface area contributed by atoms with E-state index >= 15 is 0 Å². The highest BCUT2D eigenvalue weighted by Crippen LogP contribution is 2.69. The van der Waals surface area contributed by atoms with Gasteiger partial charge in [0.25, 0.3) is 0 Å². The third-order valence-electron chi connectivity index (χ3n) is 11.0. The van der Waals surface area contributed by atoms with E-state index in [0.717, 1.165) is 29.6 Å². The third kappa shape index (κ3) is 3.96. The molecular formula is C30H50O2. The van der Waals surface area contributed by atoms with Crippen molar-refractivity contribution in [3.63, 3.8) is 0 Å². The Balaban J connectivity index is 1.73. The van der Waals surface area contributed by atoms with Crippen molar-refractivity contribution in [1.29, 1.82) is 0 Å². The second-order valence-electron chi connectivity index (χ2n) is 12.3. The fourth-order valence-electron chi connectivity index (χ4n) is 9.59. The van der Waals surface area contributed by atoms with Gasteiger partial charge in [-0.3, -0.25) is 0 Å². The van der Waals surface area contributed by atoms with Gasteiger partial charge in [-0.25, -0.2) is 0 Å². The van der Waals surface area contributed by atoms with Crippen molar-refractivity contribution < 1.29 is 9.47 Å². The average molecular weight is 443 g/mol. The van der Waals surface area contributed by atoms with E-state index < -0.39 is 0 Å². The van der Waals surface area contributed by atoms with E-state index in [9.17, 15) is 0 Å². The first kappa shape index (κ1) is 24.5. The smallest absolute Gasteiger partial charge is 0.0648 e.